The van der Waals surface area contributed by atoms with Gasteiger partial charge in [0.2, 0.25) is 0 Å². The molecule has 0 amide bonds. The first-order chi connectivity index (χ1) is 7.55. The first-order valence-corrected chi connectivity index (χ1v) is 7.09. The molecule has 1 unspecified atom stereocenters. The second-order valence-corrected chi connectivity index (χ2v) is 6.27. The quantitative estimate of drug-likeness (QED) is 0.813. The number of benzene rings is 1. The van der Waals surface area contributed by atoms with E-state index in [4.69, 9.17) is 0 Å². The Labute approximate surface area is 95.2 Å². The van der Waals surface area contributed by atoms with Gasteiger partial charge in [-0.1, -0.05) is 12.1 Å². The fourth-order valence-electron chi connectivity index (χ4n) is 1.76. The molecule has 0 spiro atoms. The highest BCUT2D eigenvalue weighted by Crippen LogP contribution is 2.15. The van der Waals surface area contributed by atoms with Gasteiger partial charge in [0.05, 0.1) is 11.5 Å². The number of hydrogen-bond donors (Lipinski definition) is 2. The van der Waals surface area contributed by atoms with E-state index in [1.54, 1.807) is 12.1 Å². The predicted molar refractivity (Wildman–Crippen MR) is 62.0 cm³/mol. The number of aromatic hydroxyl groups is 1. The first kappa shape index (κ1) is 11.4. The molecule has 1 saturated heterocycles. The van der Waals surface area contributed by atoms with Crippen LogP contribution in [0.1, 0.15) is 12.0 Å². The number of nitrogens with one attached hydrogen (secondary N) is 1. The van der Waals surface area contributed by atoms with Crippen molar-refractivity contribution in [1.82, 2.24) is 5.32 Å². The van der Waals surface area contributed by atoms with Gasteiger partial charge in [-0.2, -0.15) is 0 Å². The zero-order valence-corrected chi connectivity index (χ0v) is 9.70. The average molecular weight is 241 g/mol. The van der Waals surface area contributed by atoms with Crippen LogP contribution in [-0.4, -0.2) is 31.9 Å². The summed E-state index contributed by atoms with van der Waals surface area (Å²) in [5.41, 5.74) is 0.638. The van der Waals surface area contributed by atoms with Gasteiger partial charge in [0.15, 0.2) is 9.84 Å². The summed E-state index contributed by atoms with van der Waals surface area (Å²) >= 11 is 0. The van der Waals surface area contributed by atoms with E-state index in [0.717, 1.165) is 13.0 Å². The Morgan fingerprint density at radius 1 is 1.44 bits per heavy atom. The fourth-order valence-corrected chi connectivity index (χ4v) is 3.46. The number of phenols is 1. The number of rotatable bonds is 4. The van der Waals surface area contributed by atoms with E-state index in [9.17, 15) is 13.5 Å². The molecule has 5 heteroatoms. The van der Waals surface area contributed by atoms with E-state index in [1.165, 1.54) is 12.1 Å². The van der Waals surface area contributed by atoms with Crippen molar-refractivity contribution in [3.63, 3.8) is 0 Å². The maximum Gasteiger partial charge on any atom is 0.155 e. The van der Waals surface area contributed by atoms with E-state index in [1.807, 2.05) is 0 Å². The van der Waals surface area contributed by atoms with Gasteiger partial charge in [0, 0.05) is 6.04 Å². The summed E-state index contributed by atoms with van der Waals surface area (Å²) in [5.74, 6) is 0.289. The lowest BCUT2D eigenvalue weighted by Gasteiger charge is -2.27. The van der Waals surface area contributed by atoms with E-state index < -0.39 is 9.84 Å². The normalized spacial score (nSPS) is 20.4. The highest BCUT2D eigenvalue weighted by molar-refractivity contribution is 7.90. The maximum atomic E-state index is 11.8. The van der Waals surface area contributed by atoms with Gasteiger partial charge in [0.1, 0.15) is 5.75 Å². The highest BCUT2D eigenvalue weighted by Gasteiger charge is 2.24. The Balaban J connectivity index is 2.02. The summed E-state index contributed by atoms with van der Waals surface area (Å²) < 4.78 is 23.6. The SMILES string of the molecule is O=S(=O)(Cc1cccc(O)c1)CC1CCN1. The fraction of sp³-hybridized carbons (Fsp3) is 0.455. The minimum absolute atomic E-state index is 0.000417. The van der Waals surface area contributed by atoms with Gasteiger partial charge in [-0.15, -0.1) is 0 Å². The van der Waals surface area contributed by atoms with Crippen LogP contribution < -0.4 is 5.32 Å². The Hall–Kier alpha value is -1.07. The maximum absolute atomic E-state index is 11.8. The molecule has 0 bridgehead atoms. The molecular weight excluding hydrogens is 226 g/mol. The van der Waals surface area contributed by atoms with Crippen LogP contribution in [0.5, 0.6) is 5.75 Å². The van der Waals surface area contributed by atoms with Gasteiger partial charge in [-0.3, -0.25) is 0 Å². The molecule has 1 aliphatic rings. The lowest BCUT2D eigenvalue weighted by Crippen LogP contribution is -2.47. The van der Waals surface area contributed by atoms with Crippen LogP contribution >= 0.6 is 0 Å². The molecule has 1 fully saturated rings. The van der Waals surface area contributed by atoms with Gasteiger partial charge >= 0.3 is 0 Å². The van der Waals surface area contributed by atoms with Crippen LogP contribution in [0.2, 0.25) is 0 Å². The summed E-state index contributed by atoms with van der Waals surface area (Å²) in [5, 5.41) is 12.3. The molecule has 1 atom stereocenters. The number of hydrogen-bond acceptors (Lipinski definition) is 4. The van der Waals surface area contributed by atoms with Gasteiger partial charge in [-0.25, -0.2) is 8.42 Å². The van der Waals surface area contributed by atoms with Crippen molar-refractivity contribution in [2.75, 3.05) is 12.3 Å². The molecule has 0 radical (unpaired) electrons. The van der Waals surface area contributed by atoms with Crippen molar-refractivity contribution in [3.05, 3.63) is 29.8 Å². The van der Waals surface area contributed by atoms with Gasteiger partial charge in [0.25, 0.3) is 0 Å². The minimum Gasteiger partial charge on any atom is -0.508 e. The molecule has 1 heterocycles. The molecule has 88 valence electrons. The smallest absolute Gasteiger partial charge is 0.155 e. The van der Waals surface area contributed by atoms with E-state index in [2.05, 4.69) is 5.32 Å². The van der Waals surface area contributed by atoms with Gasteiger partial charge < -0.3 is 10.4 Å². The van der Waals surface area contributed by atoms with Crippen molar-refractivity contribution in [2.24, 2.45) is 0 Å². The van der Waals surface area contributed by atoms with Crippen LogP contribution in [0, 0.1) is 0 Å². The molecule has 0 aliphatic carbocycles. The molecule has 1 aromatic carbocycles. The number of sulfone groups is 1. The van der Waals surface area contributed by atoms with Crippen molar-refractivity contribution in [3.8, 4) is 5.75 Å². The minimum atomic E-state index is -3.09. The standard InChI is InChI=1S/C11H15NO3S/c13-11-3-1-2-9(6-11)7-16(14,15)8-10-4-5-12-10/h1-3,6,10,12-13H,4-5,7-8H2. The van der Waals surface area contributed by atoms with Crippen molar-refractivity contribution < 1.29 is 13.5 Å². The molecule has 1 aromatic rings. The van der Waals surface area contributed by atoms with Crippen molar-refractivity contribution in [2.45, 2.75) is 18.2 Å². The first-order valence-electron chi connectivity index (χ1n) is 5.27. The third kappa shape index (κ3) is 2.96. The average Bonchev–Trinajstić information content (AvgIpc) is 2.11. The second kappa shape index (κ2) is 4.43. The van der Waals surface area contributed by atoms with Crippen LogP contribution in [0.25, 0.3) is 0 Å². The summed E-state index contributed by atoms with van der Waals surface area (Å²) in [4.78, 5) is 0. The Bertz CT molecular complexity index is 466. The zero-order chi connectivity index (χ0) is 11.6. The van der Waals surface area contributed by atoms with Crippen LogP contribution in [0.15, 0.2) is 24.3 Å². The Morgan fingerprint density at radius 2 is 2.19 bits per heavy atom. The Kier molecular flexibility index (Phi) is 3.16. The van der Waals surface area contributed by atoms with Crippen molar-refractivity contribution >= 4 is 9.84 Å². The predicted octanol–water partition coefficient (Wildman–Crippen LogP) is 0.669. The third-order valence-electron chi connectivity index (χ3n) is 2.68. The summed E-state index contributed by atoms with van der Waals surface area (Å²) in [6.45, 7) is 0.909. The monoisotopic (exact) mass is 241 g/mol. The molecule has 16 heavy (non-hydrogen) atoms. The van der Waals surface area contributed by atoms with Gasteiger partial charge in [-0.05, 0) is 30.7 Å². The lowest BCUT2D eigenvalue weighted by atomic mass is 10.1. The number of phenolic OH excluding ortho intramolecular Hbond substituents is 1. The van der Waals surface area contributed by atoms with E-state index in [0.29, 0.717) is 5.56 Å². The highest BCUT2D eigenvalue weighted by atomic mass is 32.2. The summed E-state index contributed by atoms with van der Waals surface area (Å²) in [6.07, 6.45) is 0.930. The zero-order valence-electron chi connectivity index (χ0n) is 8.89. The molecule has 2 rings (SSSR count). The molecule has 2 N–H and O–H groups in total. The van der Waals surface area contributed by atoms with Crippen LogP contribution in [0.3, 0.4) is 0 Å². The van der Waals surface area contributed by atoms with E-state index >= 15 is 0 Å². The molecule has 0 saturated carbocycles. The Morgan fingerprint density at radius 3 is 2.75 bits per heavy atom. The summed E-state index contributed by atoms with van der Waals surface area (Å²) in [6, 6.07) is 6.50. The molecule has 1 aliphatic heterocycles. The molecule has 4 nitrogen and oxygen atoms in total. The second-order valence-electron chi connectivity index (χ2n) is 4.16. The topological polar surface area (TPSA) is 66.4 Å². The molecular formula is C11H15NO3S. The van der Waals surface area contributed by atoms with Crippen molar-refractivity contribution in [1.29, 1.82) is 0 Å². The lowest BCUT2D eigenvalue weighted by molar-refractivity contribution is 0.398. The molecule has 0 aromatic heterocycles. The van der Waals surface area contributed by atoms with Crippen LogP contribution in [-0.2, 0) is 15.6 Å². The third-order valence-corrected chi connectivity index (χ3v) is 4.36. The summed E-state index contributed by atoms with van der Waals surface area (Å²) in [7, 11) is -3.09. The van der Waals surface area contributed by atoms with Crippen LogP contribution in [0.4, 0.5) is 0 Å². The van der Waals surface area contributed by atoms with E-state index in [-0.39, 0.29) is 23.3 Å². The largest absolute Gasteiger partial charge is 0.508 e.